The Bertz CT molecular complexity index is 427. The van der Waals surface area contributed by atoms with Gasteiger partial charge in [0.2, 0.25) is 0 Å². The maximum atomic E-state index is 11.3. The number of nitrogens with zero attached hydrogens (tertiary/aromatic N) is 3. The Morgan fingerprint density at radius 3 is 3.00 bits per heavy atom. The van der Waals surface area contributed by atoms with Crippen LogP contribution in [0.1, 0.15) is 19.8 Å². The third kappa shape index (κ3) is 2.49. The monoisotopic (exact) mass is 255 g/mol. The van der Waals surface area contributed by atoms with Gasteiger partial charge in [-0.1, -0.05) is 18.5 Å². The molecule has 0 aliphatic carbocycles. The zero-order valence-electron chi connectivity index (χ0n) is 9.51. The molecule has 0 saturated carbocycles. The van der Waals surface area contributed by atoms with Crippen LogP contribution in [0.15, 0.2) is 12.4 Å². The van der Waals surface area contributed by atoms with Crippen LogP contribution < -0.4 is 4.90 Å². The summed E-state index contributed by atoms with van der Waals surface area (Å²) < 4.78 is 0. The van der Waals surface area contributed by atoms with E-state index in [4.69, 9.17) is 11.6 Å². The molecule has 1 aliphatic heterocycles. The van der Waals surface area contributed by atoms with Crippen LogP contribution in [-0.4, -0.2) is 33.6 Å². The predicted octanol–water partition coefficient (Wildman–Crippen LogP) is 1.82. The lowest BCUT2D eigenvalue weighted by Crippen LogP contribution is -2.49. The van der Waals surface area contributed by atoms with Crippen LogP contribution in [-0.2, 0) is 4.79 Å². The van der Waals surface area contributed by atoms with Crippen LogP contribution in [0, 0.1) is 5.92 Å². The molecular formula is C11H14ClN3O2. The number of halogens is 1. The number of anilines is 1. The van der Waals surface area contributed by atoms with Gasteiger partial charge in [-0.05, 0) is 18.8 Å². The third-order valence-corrected chi connectivity index (χ3v) is 3.26. The highest BCUT2D eigenvalue weighted by molar-refractivity contribution is 6.29. The van der Waals surface area contributed by atoms with Crippen LogP contribution in [0.25, 0.3) is 0 Å². The van der Waals surface area contributed by atoms with Crippen LogP contribution in [0.2, 0.25) is 5.15 Å². The van der Waals surface area contributed by atoms with E-state index in [-0.39, 0.29) is 11.1 Å². The molecule has 1 aromatic rings. The normalized spacial score (nSPS) is 24.7. The molecule has 2 rings (SSSR count). The number of hydrogen-bond acceptors (Lipinski definition) is 4. The second kappa shape index (κ2) is 4.87. The van der Waals surface area contributed by atoms with Gasteiger partial charge in [0.25, 0.3) is 0 Å². The van der Waals surface area contributed by atoms with Crippen molar-refractivity contribution in [2.75, 3.05) is 11.4 Å². The molecule has 0 aromatic carbocycles. The van der Waals surface area contributed by atoms with Crippen LogP contribution in [0.5, 0.6) is 0 Å². The summed E-state index contributed by atoms with van der Waals surface area (Å²) >= 11 is 5.78. The molecular weight excluding hydrogens is 242 g/mol. The van der Waals surface area contributed by atoms with Crippen LogP contribution in [0.3, 0.4) is 0 Å². The maximum absolute atomic E-state index is 11.3. The van der Waals surface area contributed by atoms with Gasteiger partial charge in [0, 0.05) is 6.54 Å². The van der Waals surface area contributed by atoms with Crippen molar-refractivity contribution in [1.29, 1.82) is 0 Å². The smallest absolute Gasteiger partial charge is 0.326 e. The van der Waals surface area contributed by atoms with E-state index < -0.39 is 12.0 Å². The van der Waals surface area contributed by atoms with Gasteiger partial charge >= 0.3 is 5.97 Å². The molecule has 1 aromatic heterocycles. The van der Waals surface area contributed by atoms with E-state index >= 15 is 0 Å². The highest BCUT2D eigenvalue weighted by Gasteiger charge is 2.35. The van der Waals surface area contributed by atoms with E-state index in [2.05, 4.69) is 9.97 Å². The van der Waals surface area contributed by atoms with Gasteiger partial charge < -0.3 is 10.0 Å². The van der Waals surface area contributed by atoms with E-state index in [1.54, 1.807) is 11.1 Å². The fourth-order valence-electron chi connectivity index (χ4n) is 2.29. The molecule has 0 spiro atoms. The number of carbonyl (C=O) groups is 1. The van der Waals surface area contributed by atoms with Crippen molar-refractivity contribution in [2.45, 2.75) is 25.8 Å². The number of carboxylic acid groups (broad SMARTS) is 1. The SMILES string of the molecule is CC1CCCN(c2cncc(Cl)n2)C1C(=O)O. The minimum atomic E-state index is -0.820. The van der Waals surface area contributed by atoms with Gasteiger partial charge in [-0.15, -0.1) is 0 Å². The molecule has 5 nitrogen and oxygen atoms in total. The van der Waals surface area contributed by atoms with E-state index in [0.717, 1.165) is 12.8 Å². The van der Waals surface area contributed by atoms with E-state index in [1.807, 2.05) is 6.92 Å². The highest BCUT2D eigenvalue weighted by atomic mass is 35.5. The molecule has 17 heavy (non-hydrogen) atoms. The Balaban J connectivity index is 2.31. The number of rotatable bonds is 2. The molecule has 1 saturated heterocycles. The van der Waals surface area contributed by atoms with Gasteiger partial charge in [-0.2, -0.15) is 0 Å². The zero-order chi connectivity index (χ0) is 12.4. The molecule has 0 bridgehead atoms. The molecule has 1 fully saturated rings. The van der Waals surface area contributed by atoms with Gasteiger partial charge in [0.05, 0.1) is 12.4 Å². The molecule has 2 unspecified atom stereocenters. The van der Waals surface area contributed by atoms with Gasteiger partial charge in [0.15, 0.2) is 0 Å². The first-order chi connectivity index (χ1) is 8.09. The summed E-state index contributed by atoms with van der Waals surface area (Å²) in [6.07, 6.45) is 4.87. The summed E-state index contributed by atoms with van der Waals surface area (Å²) in [5, 5.41) is 9.57. The molecule has 0 amide bonds. The first kappa shape index (κ1) is 12.1. The number of hydrogen-bond donors (Lipinski definition) is 1. The maximum Gasteiger partial charge on any atom is 0.326 e. The molecule has 1 aliphatic rings. The number of aliphatic carboxylic acids is 1. The number of piperidine rings is 1. The first-order valence-corrected chi connectivity index (χ1v) is 5.94. The lowest BCUT2D eigenvalue weighted by molar-refractivity contribution is -0.140. The Morgan fingerprint density at radius 1 is 1.59 bits per heavy atom. The highest BCUT2D eigenvalue weighted by Crippen LogP contribution is 2.27. The summed E-state index contributed by atoms with van der Waals surface area (Å²) in [5.41, 5.74) is 0. The van der Waals surface area contributed by atoms with Gasteiger partial charge in [-0.3, -0.25) is 4.98 Å². The van der Waals surface area contributed by atoms with Crippen molar-refractivity contribution >= 4 is 23.4 Å². The molecule has 1 N–H and O–H groups in total. The second-order valence-corrected chi connectivity index (χ2v) is 4.68. The lowest BCUT2D eigenvalue weighted by atomic mass is 9.91. The molecule has 2 atom stereocenters. The first-order valence-electron chi connectivity index (χ1n) is 5.56. The summed E-state index contributed by atoms with van der Waals surface area (Å²) in [6.45, 7) is 2.62. The standard InChI is InChI=1S/C11H14ClN3O2/c1-7-3-2-4-15(10(7)11(16)17)9-6-13-5-8(12)14-9/h5-7,10H,2-4H2,1H3,(H,16,17). The van der Waals surface area contributed by atoms with Crippen molar-refractivity contribution in [3.63, 3.8) is 0 Å². The predicted molar refractivity (Wildman–Crippen MR) is 64.2 cm³/mol. The average molecular weight is 256 g/mol. The molecule has 92 valence electrons. The topological polar surface area (TPSA) is 66.3 Å². The molecule has 6 heteroatoms. The van der Waals surface area contributed by atoms with E-state index in [9.17, 15) is 9.90 Å². The van der Waals surface area contributed by atoms with E-state index in [0.29, 0.717) is 12.4 Å². The number of aromatic nitrogens is 2. The fraction of sp³-hybridized carbons (Fsp3) is 0.545. The van der Waals surface area contributed by atoms with Crippen molar-refractivity contribution in [1.82, 2.24) is 9.97 Å². The Morgan fingerprint density at radius 2 is 2.35 bits per heavy atom. The van der Waals surface area contributed by atoms with Gasteiger partial charge in [0.1, 0.15) is 17.0 Å². The van der Waals surface area contributed by atoms with Crippen LogP contribution >= 0.6 is 11.6 Å². The zero-order valence-corrected chi connectivity index (χ0v) is 10.3. The summed E-state index contributed by atoms with van der Waals surface area (Å²) in [4.78, 5) is 21.2. The Kier molecular flexibility index (Phi) is 3.47. The lowest BCUT2D eigenvalue weighted by Gasteiger charge is -2.37. The number of carboxylic acids is 1. The molecule has 2 heterocycles. The summed E-state index contributed by atoms with van der Waals surface area (Å²) in [5.74, 6) is -0.183. The van der Waals surface area contributed by atoms with E-state index in [1.165, 1.54) is 6.20 Å². The molecule has 0 radical (unpaired) electrons. The van der Waals surface area contributed by atoms with Crippen LogP contribution in [0.4, 0.5) is 5.82 Å². The summed E-state index contributed by atoms with van der Waals surface area (Å²) in [7, 11) is 0. The minimum absolute atomic E-state index is 0.0991. The average Bonchev–Trinajstić information content (AvgIpc) is 2.28. The minimum Gasteiger partial charge on any atom is -0.480 e. The second-order valence-electron chi connectivity index (χ2n) is 4.30. The Hall–Kier alpha value is -1.36. The quantitative estimate of drug-likeness (QED) is 0.873. The van der Waals surface area contributed by atoms with Crippen molar-refractivity contribution in [2.24, 2.45) is 5.92 Å². The fourth-order valence-corrected chi connectivity index (χ4v) is 2.44. The largest absolute Gasteiger partial charge is 0.480 e. The third-order valence-electron chi connectivity index (χ3n) is 3.07. The summed E-state index contributed by atoms with van der Waals surface area (Å²) in [6, 6.07) is -0.545. The van der Waals surface area contributed by atoms with Crippen molar-refractivity contribution < 1.29 is 9.90 Å². The van der Waals surface area contributed by atoms with Crippen molar-refractivity contribution in [3.8, 4) is 0 Å². The van der Waals surface area contributed by atoms with Gasteiger partial charge in [-0.25, -0.2) is 9.78 Å². The Labute approximate surface area is 104 Å². The van der Waals surface area contributed by atoms with Crippen molar-refractivity contribution in [3.05, 3.63) is 17.5 Å².